The molecule has 23 heavy (non-hydrogen) atoms. The van der Waals surface area contributed by atoms with Crippen molar-refractivity contribution >= 4 is 6.09 Å². The number of rotatable bonds is 4. The van der Waals surface area contributed by atoms with Gasteiger partial charge in [0.05, 0.1) is 0 Å². The molecule has 0 aromatic heterocycles. The van der Waals surface area contributed by atoms with Crippen molar-refractivity contribution in [2.24, 2.45) is 11.8 Å². The van der Waals surface area contributed by atoms with Gasteiger partial charge in [0.1, 0.15) is 5.60 Å². The fraction of sp³-hybridized carbons (Fsp3) is 0.947. The van der Waals surface area contributed by atoms with Crippen molar-refractivity contribution in [3.05, 3.63) is 0 Å². The van der Waals surface area contributed by atoms with Gasteiger partial charge in [-0.1, -0.05) is 19.3 Å². The monoisotopic (exact) mass is 324 g/mol. The Balaban J connectivity index is 1.74. The van der Waals surface area contributed by atoms with E-state index in [1.165, 1.54) is 38.5 Å². The first kappa shape index (κ1) is 18.6. The number of carbonyl (C=O) groups is 1. The third-order valence-electron chi connectivity index (χ3n) is 5.26. The Bertz CT molecular complexity index is 372. The van der Waals surface area contributed by atoms with Crippen LogP contribution in [-0.4, -0.2) is 42.3 Å². The van der Waals surface area contributed by atoms with E-state index in [4.69, 9.17) is 4.74 Å². The first-order valence-corrected chi connectivity index (χ1v) is 9.56. The van der Waals surface area contributed by atoms with E-state index < -0.39 is 5.60 Å². The van der Waals surface area contributed by atoms with Crippen LogP contribution in [0.1, 0.15) is 72.6 Å². The average molecular weight is 325 g/mol. The molecular formula is C19H36N2O2. The summed E-state index contributed by atoms with van der Waals surface area (Å²) in [6.07, 6.45) is 9.11. The van der Waals surface area contributed by atoms with Crippen LogP contribution < -0.4 is 5.32 Å². The summed E-state index contributed by atoms with van der Waals surface area (Å²) in [5, 5.41) is 3.75. The lowest BCUT2D eigenvalue weighted by Crippen LogP contribution is -2.46. The standard InChI is InChI=1S/C19H36N2O2/c1-15(17-10-6-5-7-11-17)20-13-16-9-8-12-21(14-16)18(22)23-19(2,3)4/h15-17,20H,5-14H2,1-4H3/t15-,16?/m0/s1. The second-order valence-corrected chi connectivity index (χ2v) is 8.53. The number of likely N-dealkylation sites (tertiary alicyclic amines) is 1. The summed E-state index contributed by atoms with van der Waals surface area (Å²) >= 11 is 0. The highest BCUT2D eigenvalue weighted by Gasteiger charge is 2.28. The maximum absolute atomic E-state index is 12.2. The van der Waals surface area contributed by atoms with Crippen molar-refractivity contribution in [3.63, 3.8) is 0 Å². The summed E-state index contributed by atoms with van der Waals surface area (Å²) in [5.74, 6) is 1.40. The van der Waals surface area contributed by atoms with Crippen LogP contribution in [0.5, 0.6) is 0 Å². The van der Waals surface area contributed by atoms with E-state index >= 15 is 0 Å². The van der Waals surface area contributed by atoms with E-state index in [0.29, 0.717) is 12.0 Å². The summed E-state index contributed by atoms with van der Waals surface area (Å²) in [4.78, 5) is 14.1. The third kappa shape index (κ3) is 6.33. The average Bonchev–Trinajstić information content (AvgIpc) is 2.52. The van der Waals surface area contributed by atoms with Gasteiger partial charge in [0.25, 0.3) is 0 Å². The zero-order chi connectivity index (χ0) is 16.9. The van der Waals surface area contributed by atoms with Crippen LogP contribution in [0.3, 0.4) is 0 Å². The molecule has 1 aliphatic carbocycles. The van der Waals surface area contributed by atoms with Gasteiger partial charge in [-0.25, -0.2) is 4.79 Å². The van der Waals surface area contributed by atoms with Crippen molar-refractivity contribution in [1.82, 2.24) is 10.2 Å². The van der Waals surface area contributed by atoms with E-state index in [-0.39, 0.29) is 6.09 Å². The molecule has 2 fully saturated rings. The zero-order valence-corrected chi connectivity index (χ0v) is 15.6. The molecule has 1 N–H and O–H groups in total. The van der Waals surface area contributed by atoms with Gasteiger partial charge in [0.2, 0.25) is 0 Å². The van der Waals surface area contributed by atoms with Gasteiger partial charge < -0.3 is 15.0 Å². The summed E-state index contributed by atoms with van der Waals surface area (Å²) in [6, 6.07) is 0.604. The first-order valence-electron chi connectivity index (χ1n) is 9.56. The largest absolute Gasteiger partial charge is 0.444 e. The number of nitrogens with one attached hydrogen (secondary N) is 1. The molecule has 1 amide bonds. The number of amides is 1. The van der Waals surface area contributed by atoms with E-state index in [0.717, 1.165) is 32.0 Å². The molecule has 2 aliphatic rings. The highest BCUT2D eigenvalue weighted by molar-refractivity contribution is 5.68. The molecule has 134 valence electrons. The van der Waals surface area contributed by atoms with E-state index in [1.54, 1.807) is 0 Å². The number of piperidine rings is 1. The molecule has 2 rings (SSSR count). The van der Waals surface area contributed by atoms with E-state index in [9.17, 15) is 4.79 Å². The summed E-state index contributed by atoms with van der Waals surface area (Å²) in [6.45, 7) is 10.8. The Kier molecular flexibility index (Phi) is 6.75. The molecule has 4 nitrogen and oxygen atoms in total. The quantitative estimate of drug-likeness (QED) is 0.843. The lowest BCUT2D eigenvalue weighted by Gasteiger charge is -2.35. The fourth-order valence-corrected chi connectivity index (χ4v) is 3.88. The van der Waals surface area contributed by atoms with Crippen LogP contribution in [0, 0.1) is 11.8 Å². The summed E-state index contributed by atoms with van der Waals surface area (Å²) < 4.78 is 5.51. The molecule has 0 aromatic rings. The van der Waals surface area contributed by atoms with Crippen molar-refractivity contribution in [3.8, 4) is 0 Å². The van der Waals surface area contributed by atoms with Gasteiger partial charge in [-0.3, -0.25) is 0 Å². The smallest absolute Gasteiger partial charge is 0.410 e. The van der Waals surface area contributed by atoms with Crippen molar-refractivity contribution in [2.45, 2.75) is 84.3 Å². The number of carbonyl (C=O) groups excluding carboxylic acids is 1. The van der Waals surface area contributed by atoms with Gasteiger partial charge in [0.15, 0.2) is 0 Å². The van der Waals surface area contributed by atoms with Crippen molar-refractivity contribution in [2.75, 3.05) is 19.6 Å². The van der Waals surface area contributed by atoms with Crippen LogP contribution in [-0.2, 0) is 4.74 Å². The van der Waals surface area contributed by atoms with Gasteiger partial charge in [-0.15, -0.1) is 0 Å². The maximum Gasteiger partial charge on any atom is 0.410 e. The van der Waals surface area contributed by atoms with Gasteiger partial charge in [-0.05, 0) is 71.8 Å². The van der Waals surface area contributed by atoms with E-state index in [2.05, 4.69) is 12.2 Å². The minimum absolute atomic E-state index is 0.150. The fourth-order valence-electron chi connectivity index (χ4n) is 3.88. The zero-order valence-electron chi connectivity index (χ0n) is 15.6. The van der Waals surface area contributed by atoms with Gasteiger partial charge in [-0.2, -0.15) is 0 Å². The number of nitrogens with zero attached hydrogens (tertiary/aromatic N) is 1. The summed E-state index contributed by atoms with van der Waals surface area (Å²) in [5.41, 5.74) is -0.405. The molecule has 1 heterocycles. The van der Waals surface area contributed by atoms with Crippen LogP contribution in [0.4, 0.5) is 4.79 Å². The Morgan fingerprint density at radius 3 is 2.52 bits per heavy atom. The molecule has 0 bridgehead atoms. The van der Waals surface area contributed by atoms with E-state index in [1.807, 2.05) is 25.7 Å². The molecule has 0 radical (unpaired) electrons. The number of ether oxygens (including phenoxy) is 1. The molecule has 4 heteroatoms. The van der Waals surface area contributed by atoms with Crippen LogP contribution in [0.2, 0.25) is 0 Å². The Hall–Kier alpha value is -0.770. The SMILES string of the molecule is C[C@H](NCC1CCCN(C(=O)OC(C)(C)C)C1)C1CCCCC1. The molecule has 0 spiro atoms. The normalized spacial score (nSPS) is 25.2. The third-order valence-corrected chi connectivity index (χ3v) is 5.26. The van der Waals surface area contributed by atoms with Crippen LogP contribution in [0.25, 0.3) is 0 Å². The molecule has 1 saturated carbocycles. The van der Waals surface area contributed by atoms with Crippen LogP contribution in [0.15, 0.2) is 0 Å². The van der Waals surface area contributed by atoms with Gasteiger partial charge >= 0.3 is 6.09 Å². The van der Waals surface area contributed by atoms with Crippen molar-refractivity contribution in [1.29, 1.82) is 0 Å². The molecule has 1 saturated heterocycles. The first-order chi connectivity index (χ1) is 10.8. The molecule has 2 atom stereocenters. The lowest BCUT2D eigenvalue weighted by atomic mass is 9.84. The second-order valence-electron chi connectivity index (χ2n) is 8.53. The molecule has 1 aliphatic heterocycles. The topological polar surface area (TPSA) is 41.6 Å². The molecular weight excluding hydrogens is 288 g/mol. The maximum atomic E-state index is 12.2. The Labute approximate surface area is 142 Å². The predicted octanol–water partition coefficient (Wildman–Crippen LogP) is 4.19. The summed E-state index contributed by atoms with van der Waals surface area (Å²) in [7, 11) is 0. The lowest BCUT2D eigenvalue weighted by molar-refractivity contribution is 0.0164. The highest BCUT2D eigenvalue weighted by atomic mass is 16.6. The van der Waals surface area contributed by atoms with Crippen LogP contribution >= 0.6 is 0 Å². The number of hydrogen-bond donors (Lipinski definition) is 1. The Morgan fingerprint density at radius 2 is 1.87 bits per heavy atom. The second kappa shape index (κ2) is 8.36. The van der Waals surface area contributed by atoms with Crippen molar-refractivity contribution < 1.29 is 9.53 Å². The minimum Gasteiger partial charge on any atom is -0.444 e. The molecule has 1 unspecified atom stereocenters. The number of hydrogen-bond acceptors (Lipinski definition) is 3. The Morgan fingerprint density at radius 1 is 1.17 bits per heavy atom. The molecule has 0 aromatic carbocycles. The minimum atomic E-state index is -0.405. The highest BCUT2D eigenvalue weighted by Crippen LogP contribution is 2.26. The van der Waals surface area contributed by atoms with Gasteiger partial charge in [0, 0.05) is 19.1 Å². The predicted molar refractivity (Wildman–Crippen MR) is 94.6 cm³/mol.